The molecule has 0 saturated carbocycles. The second-order valence-corrected chi connectivity index (χ2v) is 1.93. The van der Waals surface area contributed by atoms with Crippen LogP contribution in [0.15, 0.2) is 0 Å². The molecule has 0 unspecified atom stereocenters. The maximum absolute atomic E-state index is 6.26. The van der Waals surface area contributed by atoms with Crippen molar-refractivity contribution in [3.63, 3.8) is 0 Å². The van der Waals surface area contributed by atoms with E-state index in [1.165, 1.54) is 0 Å². The van der Waals surface area contributed by atoms with E-state index in [0.29, 0.717) is 0 Å². The minimum absolute atomic E-state index is 1.79. The van der Waals surface area contributed by atoms with Crippen molar-refractivity contribution in [3.8, 4) is 0 Å². The zero-order valence-electron chi connectivity index (χ0n) is 2.06. The summed E-state index contributed by atoms with van der Waals surface area (Å²) in [6.07, 6.45) is 0. The Morgan fingerprint density at radius 1 is 1.50 bits per heavy atom. The summed E-state index contributed by atoms with van der Waals surface area (Å²) in [5.74, 6) is 0. The van der Waals surface area contributed by atoms with Crippen molar-refractivity contribution in [2.75, 3.05) is 0 Å². The summed E-state index contributed by atoms with van der Waals surface area (Å²) in [4.78, 5) is 0. The Labute approximate surface area is 28.9 Å². The van der Waals surface area contributed by atoms with Gasteiger partial charge in [0.25, 0.3) is 0 Å². The first-order chi connectivity index (χ1) is 1.73. The van der Waals surface area contributed by atoms with Gasteiger partial charge in [-0.2, -0.15) is 0 Å². The summed E-state index contributed by atoms with van der Waals surface area (Å²) in [5.41, 5.74) is 0. The topological polar surface area (TPSA) is 75.9 Å². The van der Waals surface area contributed by atoms with Crippen LogP contribution in [0.25, 0.3) is 0 Å². The molecule has 26 valence electrons. The Hall–Kier alpha value is 0.239. The average Bonchev–Trinajstić information content (AvgIpc) is 0.811. The Kier molecular flexibility index (Phi) is 1.64. The van der Waals surface area contributed by atoms with Crippen LogP contribution >= 0.6 is 0 Å². The van der Waals surface area contributed by atoms with Crippen LogP contribution in [0.2, 0.25) is 0 Å². The quantitative estimate of drug-likeness (QED) is 0.354. The zero-order chi connectivity index (χ0) is 3.58. The molecule has 0 bridgehead atoms. The normalized spacial score (nSPS) is 8.75. The van der Waals surface area contributed by atoms with Crippen molar-refractivity contribution in [1.82, 2.24) is 0 Å². The molecule has 0 aliphatic rings. The van der Waals surface area contributed by atoms with Gasteiger partial charge in [-0.25, -0.2) is 0 Å². The van der Waals surface area contributed by atoms with E-state index in [0.717, 1.165) is 0 Å². The maximum atomic E-state index is 6.26. The van der Waals surface area contributed by atoms with E-state index in [2.05, 4.69) is 9.50 Å². The van der Waals surface area contributed by atoms with Gasteiger partial charge in [0, 0.05) is 0 Å². The van der Waals surface area contributed by atoms with Crippen LogP contribution in [0.5, 0.6) is 0 Å². The van der Waals surface area contributed by atoms with E-state index >= 15 is 0 Å². The number of nitrogens with one attached hydrogen (secondary N) is 1. The van der Waals surface area contributed by atoms with Gasteiger partial charge in [-0.1, -0.05) is 0 Å². The van der Waals surface area contributed by atoms with Crippen molar-refractivity contribution in [3.05, 3.63) is 0 Å². The Morgan fingerprint density at radius 3 is 1.50 bits per heavy atom. The van der Waals surface area contributed by atoms with E-state index in [4.69, 9.17) is 4.38 Å². The van der Waals surface area contributed by atoms with Crippen LogP contribution in [0.3, 0.4) is 0 Å². The van der Waals surface area contributed by atoms with Crippen LogP contribution in [-0.2, 0) is 0 Å². The molecule has 3 nitrogen and oxygen atoms in total. The molecule has 0 radical (unpaired) electrons. The van der Waals surface area contributed by atoms with Gasteiger partial charge in [-0.05, 0) is 0 Å². The number of hydrogen-bond acceptors (Lipinski definition) is 1. The second kappa shape index (κ2) is 1.55. The van der Waals surface area contributed by atoms with Gasteiger partial charge >= 0.3 is 28.0 Å². The van der Waals surface area contributed by atoms with Crippen LogP contribution in [0.4, 0.5) is 0 Å². The molecule has 0 aliphatic heterocycles. The summed E-state index contributed by atoms with van der Waals surface area (Å²) >= 11 is -1.79. The molecule has 0 heterocycles. The van der Waals surface area contributed by atoms with Crippen LogP contribution < -0.4 is 9.50 Å². The predicted octanol–water partition coefficient (Wildman–Crippen LogP) is -1.26. The molecule has 5 N–H and O–H groups in total. The van der Waals surface area contributed by atoms with Crippen molar-refractivity contribution >= 4 is 14.1 Å². The van der Waals surface area contributed by atoms with Crippen molar-refractivity contribution in [2.45, 2.75) is 0 Å². The van der Waals surface area contributed by atoms with Crippen molar-refractivity contribution < 1.29 is 0 Å². The first kappa shape index (κ1) is 4.24. The summed E-state index contributed by atoms with van der Waals surface area (Å²) in [6, 6.07) is 0. The van der Waals surface area contributed by atoms with Crippen LogP contribution in [-0.4, -0.2) is 14.1 Å². The first-order valence-corrected chi connectivity index (χ1v) is 3.51. The summed E-state index contributed by atoms with van der Waals surface area (Å²) in [5, 5.41) is 0. The van der Waals surface area contributed by atoms with Crippen molar-refractivity contribution in [1.29, 1.82) is 4.38 Å². The molecule has 0 atom stereocenters. The van der Waals surface area contributed by atoms with Gasteiger partial charge in [-0.15, -0.1) is 0 Å². The molecule has 0 fully saturated rings. The molecule has 0 rings (SSSR count). The fraction of sp³-hybridized carbons (Fsp3) is 0. The van der Waals surface area contributed by atoms with Gasteiger partial charge in [0.2, 0.25) is 0 Å². The molecule has 0 spiro atoms. The molecular weight excluding hydrogens is 121 g/mol. The molecule has 0 aromatic heterocycles. The third kappa shape index (κ3) is 60.0. The van der Waals surface area contributed by atoms with Gasteiger partial charge in [0.05, 0.1) is 0 Å². The molecule has 0 saturated heterocycles. The van der Waals surface area contributed by atoms with E-state index < -0.39 is 14.1 Å². The average molecular weight is 126 g/mol. The van der Waals surface area contributed by atoms with Gasteiger partial charge in [-0.3, -0.25) is 0 Å². The fourth-order valence-corrected chi connectivity index (χ4v) is 0. The SMILES string of the molecule is N=[Se](N)N. The van der Waals surface area contributed by atoms with Gasteiger partial charge in [0.15, 0.2) is 0 Å². The van der Waals surface area contributed by atoms with E-state index in [9.17, 15) is 0 Å². The van der Waals surface area contributed by atoms with Crippen LogP contribution in [0.1, 0.15) is 0 Å². The van der Waals surface area contributed by atoms with Crippen LogP contribution in [0, 0.1) is 4.38 Å². The third-order valence-electron chi connectivity index (χ3n) is 0. The van der Waals surface area contributed by atoms with Gasteiger partial charge in [0.1, 0.15) is 0 Å². The Bertz CT molecular complexity index is 26.3. The summed E-state index contributed by atoms with van der Waals surface area (Å²) in [7, 11) is 0. The monoisotopic (exact) mass is 127 g/mol. The predicted molar refractivity (Wildman–Crippen MR) is 16.8 cm³/mol. The summed E-state index contributed by atoms with van der Waals surface area (Å²) in [6.45, 7) is 0. The molecule has 4 heteroatoms. The number of rotatable bonds is 0. The zero-order valence-corrected chi connectivity index (χ0v) is 3.78. The molecule has 0 amide bonds. The standard InChI is InChI=1S/H5N3Se/c1-4(2)3/h(H5,1,2,3). The molecular formula is H5N3Se. The first-order valence-electron chi connectivity index (χ1n) is 0.676. The Morgan fingerprint density at radius 2 is 1.50 bits per heavy atom. The molecule has 0 aliphatic carbocycles. The number of hydrogen-bond donors (Lipinski definition) is 3. The fourth-order valence-electron chi connectivity index (χ4n) is 0. The molecule has 4 heavy (non-hydrogen) atoms. The second-order valence-electron chi connectivity index (χ2n) is 0.372. The van der Waals surface area contributed by atoms with E-state index in [1.54, 1.807) is 0 Å². The molecule has 0 aromatic rings. The number of nitrogens with two attached hydrogens (primary N) is 2. The summed E-state index contributed by atoms with van der Waals surface area (Å²) < 4.78 is 15.6. The minimum atomic E-state index is -1.79. The Balaban J connectivity index is 2.80. The van der Waals surface area contributed by atoms with Gasteiger partial charge < -0.3 is 0 Å². The van der Waals surface area contributed by atoms with E-state index in [1.807, 2.05) is 0 Å². The third-order valence-corrected chi connectivity index (χ3v) is 0. The van der Waals surface area contributed by atoms with E-state index in [-0.39, 0.29) is 0 Å². The van der Waals surface area contributed by atoms with Crippen molar-refractivity contribution in [2.24, 2.45) is 9.50 Å². The molecule has 0 aromatic carbocycles.